The molecule has 1 N–H and O–H groups in total. The zero-order valence-corrected chi connectivity index (χ0v) is 12.9. The molecule has 0 amide bonds. The number of rotatable bonds is 7. The van der Waals surface area contributed by atoms with Crippen LogP contribution >= 0.6 is 11.8 Å². The molecule has 20 heavy (non-hydrogen) atoms. The summed E-state index contributed by atoms with van der Waals surface area (Å²) in [6.45, 7) is 4.10. The number of ether oxygens (including phenoxy) is 1. The Hall–Kier alpha value is -1.45. The number of thioether (sulfide) groups is 1. The van der Waals surface area contributed by atoms with Crippen LogP contribution in [0.3, 0.4) is 0 Å². The molecule has 0 radical (unpaired) electrons. The van der Waals surface area contributed by atoms with E-state index in [-0.39, 0.29) is 0 Å². The maximum Gasteiger partial charge on any atom is 0.127 e. The monoisotopic (exact) mass is 287 g/mol. The highest BCUT2D eigenvalue weighted by Crippen LogP contribution is 2.24. The molecular formula is C17H21NOS. The Labute approximate surface area is 125 Å². The molecule has 0 unspecified atom stereocenters. The van der Waals surface area contributed by atoms with Crippen LogP contribution in [0, 0.1) is 0 Å². The molecule has 0 aliphatic carbocycles. The summed E-state index contributed by atoms with van der Waals surface area (Å²) in [4.78, 5) is 1.25. The first kappa shape index (κ1) is 14.9. The summed E-state index contributed by atoms with van der Waals surface area (Å²) in [5.74, 6) is 1.76. The zero-order chi connectivity index (χ0) is 14.2. The molecule has 3 heteroatoms. The number of hydrogen-bond acceptors (Lipinski definition) is 3. The molecular weight excluding hydrogens is 266 g/mol. The van der Waals surface area contributed by atoms with E-state index in [0.29, 0.717) is 0 Å². The number of benzene rings is 2. The van der Waals surface area contributed by atoms with Gasteiger partial charge < -0.3 is 10.1 Å². The van der Waals surface area contributed by atoms with Gasteiger partial charge in [0, 0.05) is 11.4 Å². The third-order valence-corrected chi connectivity index (χ3v) is 3.69. The third-order valence-electron chi connectivity index (χ3n) is 2.95. The van der Waals surface area contributed by atoms with Crippen molar-refractivity contribution in [1.82, 2.24) is 5.32 Å². The molecule has 0 aromatic heterocycles. The standard InChI is InChI=1S/C17H21NOS/c1-3-11-18-13-14-5-4-6-16(12-14)19-15-7-9-17(20-2)10-8-15/h4-10,12,18H,3,11,13H2,1-2H3. The Kier molecular flexibility index (Phi) is 5.96. The summed E-state index contributed by atoms with van der Waals surface area (Å²) in [6, 6.07) is 16.4. The van der Waals surface area contributed by atoms with Crippen LogP contribution in [0.15, 0.2) is 53.4 Å². The highest BCUT2D eigenvalue weighted by Gasteiger charge is 1.99. The van der Waals surface area contributed by atoms with Gasteiger partial charge in [-0.15, -0.1) is 11.8 Å². The lowest BCUT2D eigenvalue weighted by molar-refractivity contribution is 0.481. The summed E-state index contributed by atoms with van der Waals surface area (Å²) in [7, 11) is 0. The van der Waals surface area contributed by atoms with Crippen LogP contribution in [-0.2, 0) is 6.54 Å². The Balaban J connectivity index is 1.99. The van der Waals surface area contributed by atoms with Gasteiger partial charge in [0.1, 0.15) is 11.5 Å². The molecule has 0 saturated carbocycles. The lowest BCUT2D eigenvalue weighted by Gasteiger charge is -2.09. The van der Waals surface area contributed by atoms with Crippen LogP contribution in [0.4, 0.5) is 0 Å². The van der Waals surface area contributed by atoms with Gasteiger partial charge >= 0.3 is 0 Å². The summed E-state index contributed by atoms with van der Waals surface area (Å²) in [5, 5.41) is 3.40. The molecule has 0 bridgehead atoms. The Morgan fingerprint density at radius 3 is 2.55 bits per heavy atom. The molecule has 2 rings (SSSR count). The van der Waals surface area contributed by atoms with Crippen LogP contribution in [0.1, 0.15) is 18.9 Å². The molecule has 2 aromatic carbocycles. The van der Waals surface area contributed by atoms with E-state index in [1.807, 2.05) is 24.3 Å². The van der Waals surface area contributed by atoms with Crippen molar-refractivity contribution in [1.29, 1.82) is 0 Å². The minimum Gasteiger partial charge on any atom is -0.457 e. The van der Waals surface area contributed by atoms with Gasteiger partial charge in [0.2, 0.25) is 0 Å². The number of nitrogens with one attached hydrogen (secondary N) is 1. The molecule has 0 heterocycles. The molecule has 0 saturated heterocycles. The molecule has 2 nitrogen and oxygen atoms in total. The second-order valence-corrected chi connectivity index (χ2v) is 5.48. The molecule has 0 atom stereocenters. The Bertz CT molecular complexity index is 525. The predicted octanol–water partition coefficient (Wildman–Crippen LogP) is 4.70. The molecule has 106 valence electrons. The van der Waals surface area contributed by atoms with E-state index in [4.69, 9.17) is 4.74 Å². The van der Waals surface area contributed by atoms with Gasteiger partial charge in [-0.2, -0.15) is 0 Å². The van der Waals surface area contributed by atoms with E-state index in [0.717, 1.165) is 31.0 Å². The third kappa shape index (κ3) is 4.58. The SMILES string of the molecule is CCCNCc1cccc(Oc2ccc(SC)cc2)c1. The maximum absolute atomic E-state index is 5.89. The van der Waals surface area contributed by atoms with E-state index >= 15 is 0 Å². The van der Waals surface area contributed by atoms with Crippen molar-refractivity contribution in [3.05, 3.63) is 54.1 Å². The minimum atomic E-state index is 0.876. The van der Waals surface area contributed by atoms with Crippen LogP contribution in [0.2, 0.25) is 0 Å². The van der Waals surface area contributed by atoms with E-state index in [9.17, 15) is 0 Å². The minimum absolute atomic E-state index is 0.876. The van der Waals surface area contributed by atoms with E-state index < -0.39 is 0 Å². The normalized spacial score (nSPS) is 10.5. The van der Waals surface area contributed by atoms with Gasteiger partial charge in [-0.25, -0.2) is 0 Å². The lowest BCUT2D eigenvalue weighted by atomic mass is 10.2. The fourth-order valence-corrected chi connectivity index (χ4v) is 2.32. The zero-order valence-electron chi connectivity index (χ0n) is 12.1. The summed E-state index contributed by atoms with van der Waals surface area (Å²) in [5.41, 5.74) is 1.25. The fraction of sp³-hybridized carbons (Fsp3) is 0.294. The second kappa shape index (κ2) is 7.98. The van der Waals surface area contributed by atoms with Crippen molar-refractivity contribution >= 4 is 11.8 Å². The predicted molar refractivity (Wildman–Crippen MR) is 86.7 cm³/mol. The molecule has 0 fully saturated rings. The highest BCUT2D eigenvalue weighted by atomic mass is 32.2. The van der Waals surface area contributed by atoms with Crippen molar-refractivity contribution in [2.75, 3.05) is 12.8 Å². The highest BCUT2D eigenvalue weighted by molar-refractivity contribution is 7.98. The van der Waals surface area contributed by atoms with Crippen molar-refractivity contribution in [2.45, 2.75) is 24.8 Å². The van der Waals surface area contributed by atoms with E-state index in [1.165, 1.54) is 10.5 Å². The average Bonchev–Trinajstić information content (AvgIpc) is 2.49. The van der Waals surface area contributed by atoms with Gasteiger partial charge in [-0.3, -0.25) is 0 Å². The first-order valence-corrected chi connectivity index (χ1v) is 8.16. The Morgan fingerprint density at radius 1 is 1.05 bits per heavy atom. The van der Waals surface area contributed by atoms with Crippen LogP contribution < -0.4 is 10.1 Å². The summed E-state index contributed by atoms with van der Waals surface area (Å²) < 4.78 is 5.89. The maximum atomic E-state index is 5.89. The van der Waals surface area contributed by atoms with E-state index in [1.54, 1.807) is 11.8 Å². The first-order chi connectivity index (χ1) is 9.81. The Morgan fingerprint density at radius 2 is 1.85 bits per heavy atom. The summed E-state index contributed by atoms with van der Waals surface area (Å²) in [6.07, 6.45) is 3.22. The average molecular weight is 287 g/mol. The first-order valence-electron chi connectivity index (χ1n) is 6.93. The van der Waals surface area contributed by atoms with Gasteiger partial charge in [0.15, 0.2) is 0 Å². The van der Waals surface area contributed by atoms with Gasteiger partial charge in [0.05, 0.1) is 0 Å². The van der Waals surface area contributed by atoms with Crippen LogP contribution in [-0.4, -0.2) is 12.8 Å². The van der Waals surface area contributed by atoms with E-state index in [2.05, 4.69) is 42.8 Å². The molecule has 0 spiro atoms. The van der Waals surface area contributed by atoms with Gasteiger partial charge in [-0.1, -0.05) is 19.1 Å². The van der Waals surface area contributed by atoms with Crippen molar-refractivity contribution < 1.29 is 4.74 Å². The van der Waals surface area contributed by atoms with Crippen molar-refractivity contribution in [3.8, 4) is 11.5 Å². The second-order valence-electron chi connectivity index (χ2n) is 4.60. The molecule has 0 aliphatic heterocycles. The summed E-state index contributed by atoms with van der Waals surface area (Å²) >= 11 is 1.73. The fourth-order valence-electron chi connectivity index (χ4n) is 1.91. The molecule has 2 aromatic rings. The van der Waals surface area contributed by atoms with Crippen LogP contribution in [0.5, 0.6) is 11.5 Å². The molecule has 0 aliphatic rings. The van der Waals surface area contributed by atoms with Gasteiger partial charge in [0.25, 0.3) is 0 Å². The smallest absolute Gasteiger partial charge is 0.127 e. The lowest BCUT2D eigenvalue weighted by Crippen LogP contribution is -2.13. The topological polar surface area (TPSA) is 21.3 Å². The van der Waals surface area contributed by atoms with Crippen molar-refractivity contribution in [3.63, 3.8) is 0 Å². The van der Waals surface area contributed by atoms with Gasteiger partial charge in [-0.05, 0) is 61.2 Å². The number of hydrogen-bond donors (Lipinski definition) is 1. The van der Waals surface area contributed by atoms with Crippen molar-refractivity contribution in [2.24, 2.45) is 0 Å². The van der Waals surface area contributed by atoms with Crippen LogP contribution in [0.25, 0.3) is 0 Å². The largest absolute Gasteiger partial charge is 0.457 e. The quantitative estimate of drug-likeness (QED) is 0.589.